The molecule has 6 nitrogen and oxygen atoms in total. The number of ether oxygens (including phenoxy) is 1. The minimum Gasteiger partial charge on any atom is -0.480 e. The van der Waals surface area contributed by atoms with E-state index in [1.807, 2.05) is 0 Å². The zero-order chi connectivity index (χ0) is 11.0. The normalized spacial score (nSPS) is 10.5. The molecule has 0 radical (unpaired) electrons. The number of H-pyrrole nitrogens is 2. The Bertz CT molecular complexity index is 631. The van der Waals surface area contributed by atoms with Crippen LogP contribution >= 0.6 is 11.6 Å². The minimum absolute atomic E-state index is 0.187. The Hall–Kier alpha value is -1.82. The summed E-state index contributed by atoms with van der Waals surface area (Å²) < 4.78 is 4.87. The van der Waals surface area contributed by atoms with Gasteiger partial charge >= 0.3 is 11.1 Å². The summed E-state index contributed by atoms with van der Waals surface area (Å²) in [6.07, 6.45) is 0. The standard InChI is InChI=1S/C8H6ClN3O3/c1-15-8-3(9)2-4-5(12-8)11-7(14)6(13)10-4/h2H,1H3,(H,10,13)(H,11,12,14). The van der Waals surface area contributed by atoms with Crippen molar-refractivity contribution >= 4 is 22.8 Å². The number of hydrogen-bond acceptors (Lipinski definition) is 4. The Kier molecular flexibility index (Phi) is 2.20. The first kappa shape index (κ1) is 9.72. The van der Waals surface area contributed by atoms with E-state index in [1.54, 1.807) is 0 Å². The number of nitrogens with one attached hydrogen (secondary N) is 2. The number of rotatable bonds is 1. The van der Waals surface area contributed by atoms with Crippen LogP contribution in [0.4, 0.5) is 0 Å². The highest BCUT2D eigenvalue weighted by Crippen LogP contribution is 2.23. The predicted molar refractivity (Wildman–Crippen MR) is 54.5 cm³/mol. The van der Waals surface area contributed by atoms with Gasteiger partial charge in [-0.3, -0.25) is 9.59 Å². The lowest BCUT2D eigenvalue weighted by molar-refractivity contribution is 0.399. The number of nitrogens with zero attached hydrogens (tertiary/aromatic N) is 1. The molecule has 0 aliphatic rings. The van der Waals surface area contributed by atoms with Crippen LogP contribution < -0.4 is 15.9 Å². The molecule has 0 atom stereocenters. The van der Waals surface area contributed by atoms with E-state index in [1.165, 1.54) is 13.2 Å². The summed E-state index contributed by atoms with van der Waals surface area (Å²) in [6, 6.07) is 1.46. The maximum absolute atomic E-state index is 11.0. The summed E-state index contributed by atoms with van der Waals surface area (Å²) in [7, 11) is 1.41. The van der Waals surface area contributed by atoms with Crippen LogP contribution in [-0.4, -0.2) is 22.1 Å². The molecule has 0 amide bonds. The minimum atomic E-state index is -0.764. The van der Waals surface area contributed by atoms with Gasteiger partial charge in [-0.25, -0.2) is 0 Å². The summed E-state index contributed by atoms with van der Waals surface area (Å²) in [5.41, 5.74) is -0.934. The average Bonchev–Trinajstić information content (AvgIpc) is 2.20. The van der Waals surface area contributed by atoms with Gasteiger partial charge in [-0.1, -0.05) is 11.6 Å². The van der Waals surface area contributed by atoms with E-state index in [9.17, 15) is 9.59 Å². The second kappa shape index (κ2) is 3.39. The molecule has 7 heteroatoms. The molecule has 0 bridgehead atoms. The number of fused-ring (bicyclic) bond motifs is 1. The molecule has 2 N–H and O–H groups in total. The van der Waals surface area contributed by atoms with Crippen LogP contribution in [0.1, 0.15) is 0 Å². The van der Waals surface area contributed by atoms with Gasteiger partial charge in [-0.15, -0.1) is 0 Å². The predicted octanol–water partition coefficient (Wildman–Crippen LogP) is 0.273. The summed E-state index contributed by atoms with van der Waals surface area (Å²) in [6.45, 7) is 0. The van der Waals surface area contributed by atoms with Gasteiger partial charge in [-0.2, -0.15) is 4.98 Å². The lowest BCUT2D eigenvalue weighted by atomic mass is 10.4. The van der Waals surface area contributed by atoms with Gasteiger partial charge in [0, 0.05) is 0 Å². The van der Waals surface area contributed by atoms with Crippen LogP contribution in [-0.2, 0) is 0 Å². The van der Waals surface area contributed by atoms with Crippen molar-refractivity contribution in [1.82, 2.24) is 15.0 Å². The zero-order valence-corrected chi connectivity index (χ0v) is 8.38. The fraction of sp³-hybridized carbons (Fsp3) is 0.125. The number of methoxy groups -OCH3 is 1. The monoisotopic (exact) mass is 227 g/mol. The molecule has 2 heterocycles. The average molecular weight is 228 g/mol. The molecule has 0 aromatic carbocycles. The third-order valence-electron chi connectivity index (χ3n) is 1.82. The maximum atomic E-state index is 11.0. The second-order valence-electron chi connectivity index (χ2n) is 2.78. The van der Waals surface area contributed by atoms with Crippen molar-refractivity contribution in [2.24, 2.45) is 0 Å². The molecule has 0 unspecified atom stereocenters. The Morgan fingerprint density at radius 3 is 2.67 bits per heavy atom. The largest absolute Gasteiger partial charge is 0.480 e. The first-order chi connectivity index (χ1) is 7.11. The van der Waals surface area contributed by atoms with Gasteiger partial charge in [0.15, 0.2) is 5.65 Å². The molecule has 0 spiro atoms. The number of halogens is 1. The smallest absolute Gasteiger partial charge is 0.315 e. The van der Waals surface area contributed by atoms with Crippen molar-refractivity contribution in [3.8, 4) is 5.88 Å². The molecule has 0 aliphatic heterocycles. The van der Waals surface area contributed by atoms with Crippen molar-refractivity contribution in [1.29, 1.82) is 0 Å². The number of aromatic amines is 2. The summed E-state index contributed by atoms with van der Waals surface area (Å²) >= 11 is 5.79. The van der Waals surface area contributed by atoms with Crippen LogP contribution in [0, 0.1) is 0 Å². The molecule has 2 aromatic heterocycles. The molecule has 0 saturated carbocycles. The van der Waals surface area contributed by atoms with Crippen molar-refractivity contribution in [2.45, 2.75) is 0 Å². The van der Waals surface area contributed by atoms with Crippen molar-refractivity contribution in [3.63, 3.8) is 0 Å². The summed E-state index contributed by atoms with van der Waals surface area (Å²) in [4.78, 5) is 30.6. The Labute approximate surface area is 87.9 Å². The van der Waals surface area contributed by atoms with E-state index in [4.69, 9.17) is 16.3 Å². The van der Waals surface area contributed by atoms with Gasteiger partial charge in [0.05, 0.1) is 12.6 Å². The fourth-order valence-electron chi connectivity index (χ4n) is 1.15. The quantitative estimate of drug-likeness (QED) is 0.685. The zero-order valence-electron chi connectivity index (χ0n) is 7.63. The lowest BCUT2D eigenvalue weighted by Crippen LogP contribution is -2.29. The fourth-order valence-corrected chi connectivity index (χ4v) is 1.38. The molecule has 0 saturated heterocycles. The third-order valence-corrected chi connectivity index (χ3v) is 2.09. The molecule has 0 fully saturated rings. The maximum Gasteiger partial charge on any atom is 0.315 e. The van der Waals surface area contributed by atoms with E-state index in [0.29, 0.717) is 5.52 Å². The molecule has 2 aromatic rings. The van der Waals surface area contributed by atoms with Crippen molar-refractivity contribution in [2.75, 3.05) is 7.11 Å². The summed E-state index contributed by atoms with van der Waals surface area (Å²) in [5, 5.41) is 0.257. The Balaban J connectivity index is 2.88. The van der Waals surface area contributed by atoms with Gasteiger partial charge in [0.25, 0.3) is 0 Å². The number of aromatic nitrogens is 3. The second-order valence-corrected chi connectivity index (χ2v) is 3.19. The lowest BCUT2D eigenvalue weighted by Gasteiger charge is -2.02. The van der Waals surface area contributed by atoms with Crippen LogP contribution in [0.5, 0.6) is 5.88 Å². The molecule has 0 aliphatic carbocycles. The highest BCUT2D eigenvalue weighted by atomic mass is 35.5. The van der Waals surface area contributed by atoms with E-state index in [-0.39, 0.29) is 16.5 Å². The SMILES string of the molecule is COc1nc2[nH]c(=O)c(=O)[nH]c2cc1Cl. The van der Waals surface area contributed by atoms with Gasteiger partial charge in [0.1, 0.15) is 5.02 Å². The number of hydrogen-bond donors (Lipinski definition) is 2. The third kappa shape index (κ3) is 1.59. The van der Waals surface area contributed by atoms with Crippen LogP contribution in [0.3, 0.4) is 0 Å². The van der Waals surface area contributed by atoms with Crippen LogP contribution in [0.15, 0.2) is 15.7 Å². The molecular formula is C8H6ClN3O3. The Morgan fingerprint density at radius 1 is 1.33 bits per heavy atom. The molecule has 2 rings (SSSR count). The topological polar surface area (TPSA) is 87.8 Å². The van der Waals surface area contributed by atoms with E-state index in [0.717, 1.165) is 0 Å². The van der Waals surface area contributed by atoms with E-state index in [2.05, 4.69) is 15.0 Å². The van der Waals surface area contributed by atoms with Gasteiger partial charge < -0.3 is 14.7 Å². The van der Waals surface area contributed by atoms with Gasteiger partial charge in [0.2, 0.25) is 5.88 Å². The highest BCUT2D eigenvalue weighted by Gasteiger charge is 2.07. The highest BCUT2D eigenvalue weighted by molar-refractivity contribution is 6.32. The molecule has 15 heavy (non-hydrogen) atoms. The van der Waals surface area contributed by atoms with Crippen LogP contribution in [0.2, 0.25) is 5.02 Å². The molecule has 78 valence electrons. The van der Waals surface area contributed by atoms with Crippen molar-refractivity contribution in [3.05, 3.63) is 31.8 Å². The van der Waals surface area contributed by atoms with E-state index >= 15 is 0 Å². The van der Waals surface area contributed by atoms with Crippen LogP contribution in [0.25, 0.3) is 11.2 Å². The van der Waals surface area contributed by atoms with E-state index < -0.39 is 11.1 Å². The Morgan fingerprint density at radius 2 is 2.00 bits per heavy atom. The van der Waals surface area contributed by atoms with Crippen molar-refractivity contribution < 1.29 is 4.74 Å². The number of pyridine rings is 1. The summed E-state index contributed by atoms with van der Waals surface area (Å²) in [5.74, 6) is 0.187. The first-order valence-corrected chi connectivity index (χ1v) is 4.36. The first-order valence-electron chi connectivity index (χ1n) is 3.98. The van der Waals surface area contributed by atoms with Gasteiger partial charge in [-0.05, 0) is 6.07 Å². The molecular weight excluding hydrogens is 222 g/mol.